The van der Waals surface area contributed by atoms with Crippen LogP contribution in [0.1, 0.15) is 77.0 Å². The molecule has 1 aliphatic rings. The number of rotatable bonds is 10. The molecule has 2 heterocycles. The maximum Gasteiger partial charge on any atom is 0.291 e. The second kappa shape index (κ2) is 11.8. The lowest BCUT2D eigenvalue weighted by molar-refractivity contribution is 0.0714. The molecule has 0 spiro atoms. The molecule has 0 N–H and O–H groups in total. The molecule has 1 atom stereocenters. The Bertz CT molecular complexity index is 1610. The molecule has 1 unspecified atom stereocenters. The molecule has 1 aliphatic heterocycles. The number of halogens is 1. The van der Waals surface area contributed by atoms with Crippen LogP contribution in [-0.4, -0.2) is 24.5 Å². The number of benzene rings is 3. The summed E-state index contributed by atoms with van der Waals surface area (Å²) in [5, 5.41) is 0.822. The normalized spacial score (nSPS) is 14.6. The number of amides is 1. The van der Waals surface area contributed by atoms with E-state index in [0.717, 1.165) is 41.5 Å². The fraction of sp³-hybridized carbons (Fsp3) is 0.333. The summed E-state index contributed by atoms with van der Waals surface area (Å²) in [4.78, 5) is 29.5. The Morgan fingerprint density at radius 3 is 2.45 bits per heavy atom. The average molecular weight is 560 g/mol. The number of ether oxygens (including phenoxy) is 2. The summed E-state index contributed by atoms with van der Waals surface area (Å²) in [6, 6.07) is 16.3. The number of carbonyl (C=O) groups excluding carboxylic acids is 1. The molecular formula is C33H34ClNO5. The number of hydrogen-bond donors (Lipinski definition) is 0. The summed E-state index contributed by atoms with van der Waals surface area (Å²) in [6.07, 6.45) is 4.41. The summed E-state index contributed by atoms with van der Waals surface area (Å²) in [5.41, 5.74) is 3.97. The molecule has 5 rings (SSSR count). The Morgan fingerprint density at radius 1 is 0.950 bits per heavy atom. The highest BCUT2D eigenvalue weighted by atomic mass is 35.5. The van der Waals surface area contributed by atoms with Crippen molar-refractivity contribution in [1.29, 1.82) is 0 Å². The van der Waals surface area contributed by atoms with Gasteiger partial charge in [-0.15, -0.1) is 0 Å². The zero-order valence-corrected chi connectivity index (χ0v) is 24.1. The first-order chi connectivity index (χ1) is 19.3. The minimum atomic E-state index is -0.669. The molecule has 0 fully saturated rings. The number of methoxy groups -OCH3 is 1. The van der Waals surface area contributed by atoms with E-state index in [2.05, 4.69) is 6.92 Å². The molecule has 0 saturated heterocycles. The zero-order chi connectivity index (χ0) is 28.4. The molecule has 7 heteroatoms. The molecule has 208 valence electrons. The minimum Gasteiger partial charge on any atom is -0.493 e. The van der Waals surface area contributed by atoms with Gasteiger partial charge in [0.1, 0.15) is 5.58 Å². The second-order valence-electron chi connectivity index (χ2n) is 10.4. The Morgan fingerprint density at radius 2 is 1.73 bits per heavy atom. The summed E-state index contributed by atoms with van der Waals surface area (Å²) in [5.74, 6) is 0.909. The van der Waals surface area contributed by atoms with Gasteiger partial charge in [-0.05, 0) is 61.2 Å². The molecule has 1 amide bonds. The summed E-state index contributed by atoms with van der Waals surface area (Å²) in [7, 11) is 1.59. The molecule has 0 radical (unpaired) electrons. The fourth-order valence-electron chi connectivity index (χ4n) is 5.23. The van der Waals surface area contributed by atoms with Crippen LogP contribution in [0.15, 0.2) is 63.8 Å². The lowest BCUT2D eigenvalue weighted by atomic mass is 9.97. The highest BCUT2D eigenvalue weighted by Gasteiger charge is 2.43. The van der Waals surface area contributed by atoms with Crippen LogP contribution < -0.4 is 14.9 Å². The van der Waals surface area contributed by atoms with Crippen LogP contribution in [-0.2, 0) is 6.54 Å². The van der Waals surface area contributed by atoms with Gasteiger partial charge in [0.25, 0.3) is 5.91 Å². The third-order valence-electron chi connectivity index (χ3n) is 7.48. The van der Waals surface area contributed by atoms with Crippen LogP contribution in [0.5, 0.6) is 11.5 Å². The van der Waals surface area contributed by atoms with Crippen molar-refractivity contribution in [2.75, 3.05) is 13.7 Å². The second-order valence-corrected chi connectivity index (χ2v) is 10.8. The average Bonchev–Trinajstić information content (AvgIpc) is 3.22. The third-order valence-corrected chi connectivity index (χ3v) is 7.89. The van der Waals surface area contributed by atoms with Gasteiger partial charge in [-0.1, -0.05) is 73.7 Å². The van der Waals surface area contributed by atoms with Gasteiger partial charge in [0.2, 0.25) is 5.76 Å². The van der Waals surface area contributed by atoms with Crippen molar-refractivity contribution in [3.63, 3.8) is 0 Å². The Kier molecular flexibility index (Phi) is 8.17. The third kappa shape index (κ3) is 5.33. The van der Waals surface area contributed by atoms with E-state index in [1.165, 1.54) is 6.42 Å². The van der Waals surface area contributed by atoms with E-state index in [1.807, 2.05) is 56.3 Å². The Hall–Kier alpha value is -3.77. The quantitative estimate of drug-likeness (QED) is 0.186. The Labute approximate surface area is 239 Å². The van der Waals surface area contributed by atoms with Crippen molar-refractivity contribution in [3.05, 3.63) is 103 Å². The van der Waals surface area contributed by atoms with Crippen molar-refractivity contribution in [2.24, 2.45) is 0 Å². The van der Waals surface area contributed by atoms with E-state index in [1.54, 1.807) is 24.1 Å². The van der Waals surface area contributed by atoms with Crippen LogP contribution in [0.2, 0.25) is 5.02 Å². The minimum absolute atomic E-state index is 0.0616. The lowest BCUT2D eigenvalue weighted by Crippen LogP contribution is -2.29. The van der Waals surface area contributed by atoms with Crippen LogP contribution in [0.4, 0.5) is 0 Å². The van der Waals surface area contributed by atoms with Gasteiger partial charge in [-0.25, -0.2) is 0 Å². The van der Waals surface area contributed by atoms with Crippen LogP contribution >= 0.6 is 11.6 Å². The van der Waals surface area contributed by atoms with E-state index in [0.29, 0.717) is 46.2 Å². The zero-order valence-electron chi connectivity index (χ0n) is 23.4. The van der Waals surface area contributed by atoms with Crippen molar-refractivity contribution in [1.82, 2.24) is 4.90 Å². The summed E-state index contributed by atoms with van der Waals surface area (Å²) in [6.45, 7) is 6.93. The maximum atomic E-state index is 14.0. The number of unbranched alkanes of at least 4 members (excludes halogenated alkanes) is 3. The molecule has 4 aromatic rings. The molecule has 0 bridgehead atoms. The molecule has 6 nitrogen and oxygen atoms in total. The monoisotopic (exact) mass is 559 g/mol. The molecule has 40 heavy (non-hydrogen) atoms. The highest BCUT2D eigenvalue weighted by Crippen LogP contribution is 2.42. The first-order valence-corrected chi connectivity index (χ1v) is 14.1. The van der Waals surface area contributed by atoms with Gasteiger partial charge >= 0.3 is 0 Å². The first kappa shape index (κ1) is 27.8. The topological polar surface area (TPSA) is 69.0 Å². The number of carbonyl (C=O) groups is 1. The predicted molar refractivity (Wildman–Crippen MR) is 158 cm³/mol. The Balaban J connectivity index is 1.60. The summed E-state index contributed by atoms with van der Waals surface area (Å²) >= 11 is 6.38. The number of nitrogens with zero attached hydrogens (tertiary/aromatic N) is 1. The van der Waals surface area contributed by atoms with Crippen molar-refractivity contribution in [2.45, 2.75) is 59.0 Å². The summed E-state index contributed by atoms with van der Waals surface area (Å²) < 4.78 is 17.8. The van der Waals surface area contributed by atoms with Gasteiger partial charge in [-0.3, -0.25) is 9.59 Å². The van der Waals surface area contributed by atoms with E-state index >= 15 is 0 Å². The van der Waals surface area contributed by atoms with E-state index in [4.69, 9.17) is 25.5 Å². The van der Waals surface area contributed by atoms with Crippen molar-refractivity contribution >= 4 is 28.5 Å². The number of aryl methyl sites for hydroxylation is 2. The van der Waals surface area contributed by atoms with E-state index in [-0.39, 0.29) is 17.1 Å². The van der Waals surface area contributed by atoms with Crippen LogP contribution in [0.25, 0.3) is 11.0 Å². The molecule has 3 aromatic carbocycles. The van der Waals surface area contributed by atoms with E-state index in [9.17, 15) is 9.59 Å². The van der Waals surface area contributed by atoms with Gasteiger partial charge in [0, 0.05) is 11.6 Å². The standard InChI is InChI=1S/C33H34ClNO5/c1-5-6-7-8-15-39-26-14-13-23(17-28(26)38-4)30-29-31(36)24-18-25(34)21(3)16-27(24)40-32(29)33(37)35(30)19-22-11-9-20(2)10-12-22/h9-14,16-18,30H,5-8,15,19H2,1-4H3. The first-order valence-electron chi connectivity index (χ1n) is 13.8. The molecule has 1 aromatic heterocycles. The SMILES string of the molecule is CCCCCCOc1ccc(C2c3c(oc4cc(C)c(Cl)cc4c3=O)C(=O)N2Cc2ccc(C)cc2)cc1OC. The predicted octanol–water partition coefficient (Wildman–Crippen LogP) is 7.78. The fourth-order valence-corrected chi connectivity index (χ4v) is 5.39. The number of hydrogen-bond acceptors (Lipinski definition) is 5. The lowest BCUT2D eigenvalue weighted by Gasteiger charge is -2.26. The van der Waals surface area contributed by atoms with Crippen molar-refractivity contribution in [3.8, 4) is 11.5 Å². The molecule has 0 aliphatic carbocycles. The van der Waals surface area contributed by atoms with Crippen molar-refractivity contribution < 1.29 is 18.7 Å². The maximum absolute atomic E-state index is 14.0. The number of fused-ring (bicyclic) bond motifs is 2. The largest absolute Gasteiger partial charge is 0.493 e. The molecule has 0 saturated carbocycles. The van der Waals surface area contributed by atoms with Gasteiger partial charge in [0.15, 0.2) is 16.9 Å². The van der Waals surface area contributed by atoms with Crippen LogP contribution in [0, 0.1) is 13.8 Å². The van der Waals surface area contributed by atoms with Gasteiger partial charge in [0.05, 0.1) is 30.7 Å². The van der Waals surface area contributed by atoms with Gasteiger partial charge < -0.3 is 18.8 Å². The highest BCUT2D eigenvalue weighted by molar-refractivity contribution is 6.32. The van der Waals surface area contributed by atoms with Gasteiger partial charge in [-0.2, -0.15) is 0 Å². The van der Waals surface area contributed by atoms with E-state index < -0.39 is 6.04 Å². The smallest absolute Gasteiger partial charge is 0.291 e. The van der Waals surface area contributed by atoms with Crippen LogP contribution in [0.3, 0.4) is 0 Å². The molecular weight excluding hydrogens is 526 g/mol.